The van der Waals surface area contributed by atoms with Gasteiger partial charge in [0.05, 0.1) is 13.1 Å². The smallest absolute Gasteiger partial charge is 0.343 e. The first kappa shape index (κ1) is 25.0. The summed E-state index contributed by atoms with van der Waals surface area (Å²) in [6.07, 6.45) is 0.224. The maximum Gasteiger partial charge on any atom is 0.343 e. The van der Waals surface area contributed by atoms with E-state index in [-0.39, 0.29) is 55.1 Å². The Hall–Kier alpha value is -3.71. The van der Waals surface area contributed by atoms with Crippen LogP contribution in [0.5, 0.6) is 0 Å². The van der Waals surface area contributed by atoms with Gasteiger partial charge < -0.3 is 21.3 Å². The minimum atomic E-state index is -2.58. The molecule has 0 aliphatic carbocycles. The molecule has 1 spiro atoms. The standard InChI is InChI=1S/C24H32N8O5/c1-22(2,3)13-6-4-5-12(9-13)19(35)28-15-11-32-21(26)27-14(10-31-16(33)7-8-17(31)34)18-23(32,24(15,36)37)30-20(25)29-18/h4-6,9,14-15,18,36-37H,7-8,10-11H2,1-3H3,(H2,26,27)(H,28,35)(H3,25,29,30)/p+1/t14-,15-,18-,23-/m0/s1. The monoisotopic (exact) mass is 513 g/mol. The van der Waals surface area contributed by atoms with Crippen molar-refractivity contribution in [3.8, 4) is 0 Å². The summed E-state index contributed by atoms with van der Waals surface area (Å²) < 4.78 is 0. The Morgan fingerprint density at radius 1 is 1.24 bits per heavy atom. The van der Waals surface area contributed by atoms with E-state index >= 15 is 0 Å². The van der Waals surface area contributed by atoms with Crippen molar-refractivity contribution in [2.45, 2.75) is 68.6 Å². The number of likely N-dealkylation sites (tertiary alicyclic amines) is 1. The maximum atomic E-state index is 13.2. The SMILES string of the molecule is CC(C)(C)c1cccc(C(=O)N[C@H]2CN3C(N)=N[C@@H](CN4C(=O)CCC4=O)[C@@H]4[NH+]=C(N)N[C@@]43C2(O)O)c1. The van der Waals surface area contributed by atoms with Crippen LogP contribution in [0.3, 0.4) is 0 Å². The van der Waals surface area contributed by atoms with E-state index in [4.69, 9.17) is 11.5 Å². The topological polar surface area (TPSA) is 201 Å². The van der Waals surface area contributed by atoms with Crippen LogP contribution in [0.2, 0.25) is 0 Å². The molecule has 0 unspecified atom stereocenters. The van der Waals surface area contributed by atoms with Crippen LogP contribution in [0.25, 0.3) is 0 Å². The van der Waals surface area contributed by atoms with E-state index in [2.05, 4.69) is 20.6 Å². The molecule has 37 heavy (non-hydrogen) atoms. The molecule has 4 aliphatic rings. The second kappa shape index (κ2) is 8.15. The molecule has 3 amide bonds. The van der Waals surface area contributed by atoms with E-state index in [1.807, 2.05) is 26.8 Å². The van der Waals surface area contributed by atoms with E-state index in [0.717, 1.165) is 10.5 Å². The third-order valence-corrected chi connectivity index (χ3v) is 7.70. The number of aliphatic hydroxyl groups is 2. The molecule has 2 fully saturated rings. The highest BCUT2D eigenvalue weighted by molar-refractivity contribution is 6.02. The molecule has 1 aromatic rings. The lowest BCUT2D eigenvalue weighted by Crippen LogP contribution is -2.90. The van der Waals surface area contributed by atoms with Crippen LogP contribution in [-0.2, 0) is 15.0 Å². The zero-order chi connectivity index (χ0) is 26.9. The van der Waals surface area contributed by atoms with Crippen LogP contribution in [0.4, 0.5) is 0 Å². The van der Waals surface area contributed by atoms with Gasteiger partial charge in [-0.25, -0.2) is 10.3 Å². The van der Waals surface area contributed by atoms with Gasteiger partial charge in [-0.2, -0.15) is 0 Å². The fourth-order valence-electron chi connectivity index (χ4n) is 5.70. The largest absolute Gasteiger partial charge is 0.370 e. The van der Waals surface area contributed by atoms with Crippen LogP contribution in [0, 0.1) is 0 Å². The summed E-state index contributed by atoms with van der Waals surface area (Å²) in [6.45, 7) is 5.91. The second-order valence-corrected chi connectivity index (χ2v) is 11.1. The quantitative estimate of drug-likeness (QED) is 0.155. The van der Waals surface area contributed by atoms with Gasteiger partial charge in [0.15, 0.2) is 12.0 Å². The van der Waals surface area contributed by atoms with Crippen molar-refractivity contribution in [3.05, 3.63) is 35.4 Å². The zero-order valence-corrected chi connectivity index (χ0v) is 21.0. The Labute approximate surface area is 213 Å². The number of aliphatic imine (C=N–C) groups is 1. The molecule has 2 saturated heterocycles. The van der Waals surface area contributed by atoms with Crippen molar-refractivity contribution >= 4 is 29.6 Å². The van der Waals surface area contributed by atoms with Crippen molar-refractivity contribution in [1.82, 2.24) is 20.4 Å². The number of nitrogens with two attached hydrogens (primary N) is 2. The van der Waals surface area contributed by atoms with Crippen LogP contribution in [0.1, 0.15) is 49.5 Å². The van der Waals surface area contributed by atoms with Crippen LogP contribution in [0.15, 0.2) is 29.3 Å². The lowest BCUT2D eigenvalue weighted by Gasteiger charge is -2.46. The third kappa shape index (κ3) is 3.72. The van der Waals surface area contributed by atoms with Crippen molar-refractivity contribution in [2.75, 3.05) is 13.1 Å². The predicted molar refractivity (Wildman–Crippen MR) is 131 cm³/mol. The molecule has 13 heteroatoms. The van der Waals surface area contributed by atoms with E-state index in [0.29, 0.717) is 5.56 Å². The number of nitrogens with one attached hydrogen (secondary N) is 3. The average molecular weight is 514 g/mol. The summed E-state index contributed by atoms with van der Waals surface area (Å²) in [4.78, 5) is 47.7. The maximum absolute atomic E-state index is 13.2. The number of carbonyl (C=O) groups is 3. The number of amides is 3. The Morgan fingerprint density at radius 2 is 1.92 bits per heavy atom. The number of imide groups is 1. The predicted octanol–water partition coefficient (Wildman–Crippen LogP) is -4.01. The van der Waals surface area contributed by atoms with Gasteiger partial charge in [0.1, 0.15) is 12.1 Å². The van der Waals surface area contributed by atoms with E-state index < -0.39 is 35.5 Å². The molecule has 1 aromatic carbocycles. The van der Waals surface area contributed by atoms with Crippen molar-refractivity contribution in [1.29, 1.82) is 0 Å². The van der Waals surface area contributed by atoms with Crippen LogP contribution in [-0.4, -0.2) is 92.3 Å². The Balaban J connectivity index is 1.45. The third-order valence-electron chi connectivity index (χ3n) is 7.70. The number of benzene rings is 1. The summed E-state index contributed by atoms with van der Waals surface area (Å²) in [7, 11) is 0. The highest BCUT2D eigenvalue weighted by Gasteiger charge is 2.76. The van der Waals surface area contributed by atoms with Crippen molar-refractivity contribution in [3.63, 3.8) is 0 Å². The molecule has 0 aromatic heterocycles. The molecule has 4 aliphatic heterocycles. The summed E-state index contributed by atoms with van der Waals surface area (Å²) in [5.74, 6) is -3.72. The van der Waals surface area contributed by atoms with Crippen molar-refractivity contribution < 1.29 is 29.6 Å². The number of rotatable bonds is 4. The minimum Gasteiger partial charge on any atom is -0.370 e. The first-order chi connectivity index (χ1) is 17.3. The minimum absolute atomic E-state index is 0.0386. The van der Waals surface area contributed by atoms with Crippen LogP contribution < -0.4 is 27.1 Å². The number of guanidine groups is 2. The lowest BCUT2D eigenvalue weighted by atomic mass is 9.84. The fraction of sp³-hybridized carbons (Fsp3) is 0.542. The van der Waals surface area contributed by atoms with E-state index in [1.165, 1.54) is 4.90 Å². The summed E-state index contributed by atoms with van der Waals surface area (Å²) in [5, 5.41) is 28.8. The van der Waals surface area contributed by atoms with Gasteiger partial charge >= 0.3 is 5.96 Å². The molecule has 0 radical (unpaired) electrons. The molecule has 4 atom stereocenters. The first-order valence-electron chi connectivity index (χ1n) is 12.2. The molecule has 9 N–H and O–H groups in total. The van der Waals surface area contributed by atoms with E-state index in [9.17, 15) is 24.6 Å². The Morgan fingerprint density at radius 3 is 2.57 bits per heavy atom. The van der Waals surface area contributed by atoms with Gasteiger partial charge in [-0.05, 0) is 23.1 Å². The molecule has 198 valence electrons. The van der Waals surface area contributed by atoms with Gasteiger partial charge in [-0.1, -0.05) is 32.9 Å². The number of carbonyl (C=O) groups excluding carboxylic acids is 3. The summed E-state index contributed by atoms with van der Waals surface area (Å²) in [5.41, 5.74) is 11.8. The molecule has 5 rings (SSSR count). The van der Waals surface area contributed by atoms with Gasteiger partial charge in [0.2, 0.25) is 17.6 Å². The number of nitrogens with zero attached hydrogens (tertiary/aromatic N) is 3. The Kier molecular flexibility index (Phi) is 5.50. The van der Waals surface area contributed by atoms with Crippen molar-refractivity contribution in [2.24, 2.45) is 16.5 Å². The van der Waals surface area contributed by atoms with Gasteiger partial charge in [-0.15, -0.1) is 0 Å². The molecular formula is C24H33N8O5+. The van der Waals surface area contributed by atoms with Gasteiger partial charge in [-0.3, -0.25) is 34.9 Å². The first-order valence-corrected chi connectivity index (χ1v) is 12.2. The normalized spacial score (nSPS) is 30.5. The van der Waals surface area contributed by atoms with E-state index in [1.54, 1.807) is 18.2 Å². The highest BCUT2D eigenvalue weighted by atomic mass is 16.5. The Bertz CT molecular complexity index is 1220. The molecule has 0 bridgehead atoms. The fourth-order valence-corrected chi connectivity index (χ4v) is 5.70. The molecular weight excluding hydrogens is 480 g/mol. The molecule has 13 nitrogen and oxygen atoms in total. The van der Waals surface area contributed by atoms with Gasteiger partial charge in [0, 0.05) is 18.4 Å². The average Bonchev–Trinajstić information content (AvgIpc) is 3.41. The molecule has 0 saturated carbocycles. The molecule has 4 heterocycles. The summed E-state index contributed by atoms with van der Waals surface area (Å²) in [6, 6.07) is 4.23. The zero-order valence-electron chi connectivity index (χ0n) is 21.0. The second-order valence-electron chi connectivity index (χ2n) is 11.1. The number of hydrogen-bond acceptors (Lipinski definition) is 10. The van der Waals surface area contributed by atoms with Crippen LogP contribution >= 0.6 is 0 Å². The summed E-state index contributed by atoms with van der Waals surface area (Å²) >= 11 is 0. The van der Waals surface area contributed by atoms with Gasteiger partial charge in [0.25, 0.3) is 11.6 Å². The number of hydrogen-bond donors (Lipinski definition) is 7. The highest BCUT2D eigenvalue weighted by Crippen LogP contribution is 2.41. The lowest BCUT2D eigenvalue weighted by molar-refractivity contribution is -0.521.